The minimum atomic E-state index is 0. The predicted octanol–water partition coefficient (Wildman–Crippen LogP) is 3.07. The molecule has 0 unspecified atom stereocenters. The van der Waals surface area contributed by atoms with Crippen molar-refractivity contribution in [1.82, 2.24) is 15.1 Å². The van der Waals surface area contributed by atoms with Crippen LogP contribution in [0.2, 0.25) is 0 Å². The second-order valence-corrected chi connectivity index (χ2v) is 7.13. The van der Waals surface area contributed by atoms with E-state index in [1.165, 1.54) is 37.7 Å². The maximum absolute atomic E-state index is 12.5. The highest BCUT2D eigenvalue weighted by Gasteiger charge is 2.23. The monoisotopic (exact) mass is 365 g/mol. The molecule has 0 aromatic heterocycles. The molecular weight excluding hydrogens is 334 g/mol. The van der Waals surface area contributed by atoms with Gasteiger partial charge >= 0.3 is 0 Å². The van der Waals surface area contributed by atoms with Crippen LogP contribution in [0.5, 0.6) is 0 Å². The number of nitrogens with one attached hydrogen (secondary N) is 1. The predicted molar refractivity (Wildman–Crippen MR) is 105 cm³/mol. The zero-order chi connectivity index (χ0) is 16.6. The SMILES string of the molecule is Cl.O=C(CCN(Cc1ccccc1)C1CCCCC1)N1CCNCC1. The highest BCUT2D eigenvalue weighted by molar-refractivity contribution is 5.85. The van der Waals surface area contributed by atoms with Crippen molar-refractivity contribution < 1.29 is 4.79 Å². The molecule has 0 bridgehead atoms. The Kier molecular flexibility index (Phi) is 8.73. The Labute approximate surface area is 158 Å². The molecule has 1 saturated carbocycles. The average Bonchev–Trinajstić information content (AvgIpc) is 2.67. The first-order chi connectivity index (χ1) is 11.8. The number of amides is 1. The first-order valence-corrected chi connectivity index (χ1v) is 9.59. The summed E-state index contributed by atoms with van der Waals surface area (Å²) in [7, 11) is 0. The molecule has 1 aromatic carbocycles. The summed E-state index contributed by atoms with van der Waals surface area (Å²) < 4.78 is 0. The number of halogens is 1. The molecule has 0 radical (unpaired) electrons. The summed E-state index contributed by atoms with van der Waals surface area (Å²) in [5, 5.41) is 3.31. The van der Waals surface area contributed by atoms with Crippen LogP contribution in [0.4, 0.5) is 0 Å². The number of hydrogen-bond acceptors (Lipinski definition) is 3. The summed E-state index contributed by atoms with van der Waals surface area (Å²) in [6.07, 6.45) is 7.27. The molecule has 1 heterocycles. The third kappa shape index (κ3) is 6.28. The number of hydrogen-bond donors (Lipinski definition) is 1. The van der Waals surface area contributed by atoms with Crippen LogP contribution < -0.4 is 5.32 Å². The van der Waals surface area contributed by atoms with Gasteiger partial charge in [-0.15, -0.1) is 12.4 Å². The van der Waals surface area contributed by atoms with Gasteiger partial charge in [-0.1, -0.05) is 49.6 Å². The maximum atomic E-state index is 12.5. The Morgan fingerprint density at radius 2 is 1.76 bits per heavy atom. The molecule has 5 heteroatoms. The summed E-state index contributed by atoms with van der Waals surface area (Å²) in [6.45, 7) is 5.45. The van der Waals surface area contributed by atoms with Crippen LogP contribution in [0.3, 0.4) is 0 Å². The van der Waals surface area contributed by atoms with Gasteiger partial charge in [-0.2, -0.15) is 0 Å². The Balaban J connectivity index is 0.00000225. The number of rotatable bonds is 6. The Bertz CT molecular complexity index is 499. The van der Waals surface area contributed by atoms with Gasteiger partial charge in [-0.25, -0.2) is 0 Å². The molecular formula is C20H32ClN3O. The number of carbonyl (C=O) groups is 1. The van der Waals surface area contributed by atoms with Crippen molar-refractivity contribution in [2.24, 2.45) is 0 Å². The topological polar surface area (TPSA) is 35.6 Å². The van der Waals surface area contributed by atoms with Crippen LogP contribution in [-0.2, 0) is 11.3 Å². The smallest absolute Gasteiger partial charge is 0.223 e. The second-order valence-electron chi connectivity index (χ2n) is 7.13. The van der Waals surface area contributed by atoms with E-state index in [1.54, 1.807) is 0 Å². The summed E-state index contributed by atoms with van der Waals surface area (Å²) in [5.41, 5.74) is 1.36. The number of piperazine rings is 1. The molecule has 2 aliphatic rings. The van der Waals surface area contributed by atoms with Crippen molar-refractivity contribution in [2.45, 2.75) is 51.1 Å². The molecule has 2 fully saturated rings. The lowest BCUT2D eigenvalue weighted by Crippen LogP contribution is -2.47. The third-order valence-corrected chi connectivity index (χ3v) is 5.40. The zero-order valence-electron chi connectivity index (χ0n) is 15.2. The Morgan fingerprint density at radius 3 is 2.44 bits per heavy atom. The van der Waals surface area contributed by atoms with E-state index in [0.29, 0.717) is 18.4 Å². The third-order valence-electron chi connectivity index (χ3n) is 5.40. The molecule has 1 amide bonds. The van der Waals surface area contributed by atoms with E-state index in [9.17, 15) is 4.79 Å². The summed E-state index contributed by atoms with van der Waals surface area (Å²) in [4.78, 5) is 17.1. The molecule has 0 spiro atoms. The fourth-order valence-corrected chi connectivity index (χ4v) is 3.97. The Hall–Kier alpha value is -1.10. The molecule has 0 atom stereocenters. The van der Waals surface area contributed by atoms with E-state index in [-0.39, 0.29) is 12.4 Å². The van der Waals surface area contributed by atoms with Crippen LogP contribution >= 0.6 is 12.4 Å². The van der Waals surface area contributed by atoms with E-state index in [4.69, 9.17) is 0 Å². The van der Waals surface area contributed by atoms with Gasteiger partial charge in [0.25, 0.3) is 0 Å². The average molecular weight is 366 g/mol. The van der Waals surface area contributed by atoms with Gasteiger partial charge in [0.2, 0.25) is 5.91 Å². The van der Waals surface area contributed by atoms with Gasteiger partial charge in [-0.05, 0) is 18.4 Å². The minimum Gasteiger partial charge on any atom is -0.340 e. The minimum absolute atomic E-state index is 0. The van der Waals surface area contributed by atoms with Gasteiger partial charge in [0, 0.05) is 51.7 Å². The van der Waals surface area contributed by atoms with Crippen molar-refractivity contribution in [2.75, 3.05) is 32.7 Å². The molecule has 4 nitrogen and oxygen atoms in total. The zero-order valence-corrected chi connectivity index (χ0v) is 16.0. The second kappa shape index (κ2) is 10.8. The van der Waals surface area contributed by atoms with Gasteiger partial charge in [0.1, 0.15) is 0 Å². The molecule has 1 N–H and O–H groups in total. The number of nitrogens with zero attached hydrogens (tertiary/aromatic N) is 2. The molecule has 25 heavy (non-hydrogen) atoms. The molecule has 140 valence electrons. The van der Waals surface area contributed by atoms with E-state index in [1.807, 2.05) is 4.90 Å². The highest BCUT2D eigenvalue weighted by atomic mass is 35.5. The van der Waals surface area contributed by atoms with Gasteiger partial charge in [-0.3, -0.25) is 9.69 Å². The normalized spacial score (nSPS) is 18.8. The summed E-state index contributed by atoms with van der Waals surface area (Å²) in [6, 6.07) is 11.3. The first-order valence-electron chi connectivity index (χ1n) is 9.59. The lowest BCUT2D eigenvalue weighted by Gasteiger charge is -2.35. The van der Waals surface area contributed by atoms with Gasteiger partial charge in [0.05, 0.1) is 0 Å². The Morgan fingerprint density at radius 1 is 1.08 bits per heavy atom. The quantitative estimate of drug-likeness (QED) is 0.841. The van der Waals surface area contributed by atoms with Crippen molar-refractivity contribution in [3.05, 3.63) is 35.9 Å². The largest absolute Gasteiger partial charge is 0.340 e. The van der Waals surface area contributed by atoms with Gasteiger partial charge < -0.3 is 10.2 Å². The van der Waals surface area contributed by atoms with E-state index >= 15 is 0 Å². The number of benzene rings is 1. The van der Waals surface area contributed by atoms with Crippen molar-refractivity contribution >= 4 is 18.3 Å². The fraction of sp³-hybridized carbons (Fsp3) is 0.650. The summed E-state index contributed by atoms with van der Waals surface area (Å²) >= 11 is 0. The van der Waals surface area contributed by atoms with Crippen LogP contribution in [0, 0.1) is 0 Å². The maximum Gasteiger partial charge on any atom is 0.223 e. The number of carbonyl (C=O) groups excluding carboxylic acids is 1. The van der Waals surface area contributed by atoms with E-state index in [2.05, 4.69) is 40.5 Å². The fourth-order valence-electron chi connectivity index (χ4n) is 3.97. The lowest BCUT2D eigenvalue weighted by molar-refractivity contribution is -0.132. The van der Waals surface area contributed by atoms with Crippen LogP contribution in [-0.4, -0.2) is 54.5 Å². The van der Waals surface area contributed by atoms with Crippen molar-refractivity contribution in [3.63, 3.8) is 0 Å². The summed E-state index contributed by atoms with van der Waals surface area (Å²) in [5.74, 6) is 0.324. The first kappa shape index (κ1) is 20.2. The standard InChI is InChI=1S/C20H31N3O.ClH/c24-20(22-15-12-21-13-16-22)11-14-23(19-9-5-2-6-10-19)17-18-7-3-1-4-8-18;/h1,3-4,7-8,19,21H,2,5-6,9-17H2;1H. The van der Waals surface area contributed by atoms with Crippen molar-refractivity contribution in [1.29, 1.82) is 0 Å². The van der Waals surface area contributed by atoms with Crippen molar-refractivity contribution in [3.8, 4) is 0 Å². The van der Waals surface area contributed by atoms with Crippen LogP contribution in [0.15, 0.2) is 30.3 Å². The van der Waals surface area contributed by atoms with E-state index < -0.39 is 0 Å². The molecule has 1 aliphatic heterocycles. The molecule has 1 aromatic rings. The molecule has 1 saturated heterocycles. The van der Waals surface area contributed by atoms with E-state index in [0.717, 1.165) is 39.3 Å². The van der Waals surface area contributed by atoms with Crippen LogP contribution in [0.1, 0.15) is 44.1 Å². The lowest BCUT2D eigenvalue weighted by atomic mass is 9.93. The highest BCUT2D eigenvalue weighted by Crippen LogP contribution is 2.24. The van der Waals surface area contributed by atoms with Crippen LogP contribution in [0.25, 0.3) is 0 Å². The van der Waals surface area contributed by atoms with Gasteiger partial charge in [0.15, 0.2) is 0 Å². The molecule has 3 rings (SSSR count). The molecule has 1 aliphatic carbocycles.